The Bertz CT molecular complexity index is 383. The molecule has 1 radical (unpaired) electrons. The van der Waals surface area contributed by atoms with Crippen LogP contribution in [-0.2, 0) is 0 Å². The number of thiol groups is 1. The lowest BCUT2D eigenvalue weighted by molar-refractivity contribution is 0.302. The predicted octanol–water partition coefficient (Wildman–Crippen LogP) is 4.07. The van der Waals surface area contributed by atoms with Gasteiger partial charge in [0.1, 0.15) is 5.75 Å². The fourth-order valence-corrected chi connectivity index (χ4v) is 3.18. The summed E-state index contributed by atoms with van der Waals surface area (Å²) in [5, 5.41) is 4.49. The van der Waals surface area contributed by atoms with E-state index in [-0.39, 0.29) is 10.9 Å². The van der Waals surface area contributed by atoms with Crippen molar-refractivity contribution in [1.29, 1.82) is 0 Å². The van der Waals surface area contributed by atoms with Crippen LogP contribution in [0.5, 0.6) is 5.75 Å². The molecule has 0 aliphatic carbocycles. The Labute approximate surface area is 100 Å². The van der Waals surface area contributed by atoms with E-state index in [1.807, 2.05) is 12.1 Å². The number of allylic oxidation sites excluding steroid dienone is 2. The maximum absolute atomic E-state index is 5.81. The molecule has 0 atom stereocenters. The molecule has 2 heteroatoms. The highest BCUT2D eigenvalue weighted by Gasteiger charge is 2.09. The van der Waals surface area contributed by atoms with E-state index < -0.39 is 0 Å². The number of hydrogen-bond donors (Lipinski definition) is 1. The highest BCUT2D eigenvalue weighted by atomic mass is 32.2. The molecule has 0 spiro atoms. The first-order chi connectivity index (χ1) is 7.92. The van der Waals surface area contributed by atoms with Gasteiger partial charge >= 0.3 is 0 Å². The van der Waals surface area contributed by atoms with E-state index in [0.29, 0.717) is 0 Å². The van der Waals surface area contributed by atoms with Crippen LogP contribution in [0.3, 0.4) is 0 Å². The average Bonchev–Trinajstić information content (AvgIpc) is 2.83. The minimum absolute atomic E-state index is 0.288. The lowest BCUT2D eigenvalue weighted by Crippen LogP contribution is -1.98. The molecular formula is C14H17OS. The molecule has 85 valence electrons. The summed E-state index contributed by atoms with van der Waals surface area (Å²) in [6, 6.07) is 9.12. The number of rotatable bonds is 5. The van der Waals surface area contributed by atoms with Crippen LogP contribution in [0, 0.1) is 6.07 Å². The Morgan fingerprint density at radius 1 is 1.31 bits per heavy atom. The normalized spacial score (nSPS) is 15.7. The van der Waals surface area contributed by atoms with Gasteiger partial charge in [0.25, 0.3) is 0 Å². The first kappa shape index (κ1) is 11.3. The molecule has 0 aromatic heterocycles. The van der Waals surface area contributed by atoms with Crippen LogP contribution >= 0.6 is 10.9 Å². The van der Waals surface area contributed by atoms with E-state index in [1.54, 1.807) is 0 Å². The molecule has 0 amide bonds. The summed E-state index contributed by atoms with van der Waals surface area (Å²) >= 11 is 0. The zero-order valence-electron chi connectivity index (χ0n) is 9.52. The molecule has 2 rings (SSSR count). The molecule has 0 saturated heterocycles. The molecule has 1 aromatic rings. The van der Waals surface area contributed by atoms with Gasteiger partial charge in [-0.15, -0.1) is 0 Å². The van der Waals surface area contributed by atoms with Crippen molar-refractivity contribution < 1.29 is 4.74 Å². The highest BCUT2D eigenvalue weighted by Crippen LogP contribution is 2.46. The van der Waals surface area contributed by atoms with E-state index in [2.05, 4.69) is 42.0 Å². The number of hydrogen-bond acceptors (Lipinski definition) is 1. The molecule has 1 aromatic carbocycles. The molecule has 0 N–H and O–H groups in total. The van der Waals surface area contributed by atoms with Crippen molar-refractivity contribution in [2.45, 2.75) is 24.7 Å². The largest absolute Gasteiger partial charge is 0.492 e. The van der Waals surface area contributed by atoms with Gasteiger partial charge in [-0.25, -0.2) is 0 Å². The molecule has 1 aliphatic heterocycles. The monoisotopic (exact) mass is 233 g/mol. The van der Waals surface area contributed by atoms with Gasteiger partial charge in [0, 0.05) is 4.90 Å². The smallest absolute Gasteiger partial charge is 0.132 e. The topological polar surface area (TPSA) is 9.23 Å². The lowest BCUT2D eigenvalue weighted by atomic mass is 10.3. The third-order valence-corrected chi connectivity index (χ3v) is 4.35. The maximum Gasteiger partial charge on any atom is 0.132 e. The summed E-state index contributed by atoms with van der Waals surface area (Å²) in [6.07, 6.45) is 6.49. The first-order valence-corrected chi connectivity index (χ1v) is 7.16. The molecule has 16 heavy (non-hydrogen) atoms. The summed E-state index contributed by atoms with van der Waals surface area (Å²) < 4.78 is 5.81. The van der Waals surface area contributed by atoms with E-state index in [9.17, 15) is 0 Å². The third kappa shape index (κ3) is 2.70. The standard InChI is InChI=1S/C14H17OS/c1-2-3-10-15-13-8-4-5-9-14(13)16-11-6-7-12-16/h5-9,11-12,16H,2-3,10H2,1H3. The average molecular weight is 233 g/mol. The van der Waals surface area contributed by atoms with E-state index in [0.717, 1.165) is 18.8 Å². The molecular weight excluding hydrogens is 216 g/mol. The predicted molar refractivity (Wildman–Crippen MR) is 71.2 cm³/mol. The molecule has 0 unspecified atom stereocenters. The highest BCUT2D eigenvalue weighted by molar-refractivity contribution is 8.22. The van der Waals surface area contributed by atoms with Gasteiger partial charge in [0.15, 0.2) is 0 Å². The Morgan fingerprint density at radius 2 is 2.12 bits per heavy atom. The van der Waals surface area contributed by atoms with Crippen molar-refractivity contribution in [3.05, 3.63) is 47.2 Å². The molecule has 0 fully saturated rings. The van der Waals surface area contributed by atoms with Crippen LogP contribution in [0.4, 0.5) is 0 Å². The van der Waals surface area contributed by atoms with Gasteiger partial charge in [0.05, 0.1) is 6.61 Å². The second-order valence-corrected chi connectivity index (χ2v) is 5.58. The van der Waals surface area contributed by atoms with Crippen molar-refractivity contribution in [1.82, 2.24) is 0 Å². The maximum atomic E-state index is 5.81. The van der Waals surface area contributed by atoms with Gasteiger partial charge in [-0.3, -0.25) is 0 Å². The van der Waals surface area contributed by atoms with Gasteiger partial charge in [-0.1, -0.05) is 31.6 Å². The molecule has 1 aliphatic rings. The van der Waals surface area contributed by atoms with Crippen LogP contribution in [0.15, 0.2) is 46.1 Å². The lowest BCUT2D eigenvalue weighted by Gasteiger charge is -2.16. The fourth-order valence-electron chi connectivity index (χ4n) is 1.56. The fraction of sp³-hybridized carbons (Fsp3) is 0.286. The first-order valence-electron chi connectivity index (χ1n) is 5.68. The summed E-state index contributed by atoms with van der Waals surface area (Å²) in [5.41, 5.74) is 0. The zero-order valence-corrected chi connectivity index (χ0v) is 10.4. The summed E-state index contributed by atoms with van der Waals surface area (Å²) in [5.74, 6) is 0.998. The van der Waals surface area contributed by atoms with Crippen LogP contribution in [-0.4, -0.2) is 6.61 Å². The van der Waals surface area contributed by atoms with Gasteiger partial charge in [-0.2, -0.15) is 10.9 Å². The second-order valence-electron chi connectivity index (χ2n) is 3.69. The Balaban J connectivity index is 2.10. The van der Waals surface area contributed by atoms with Crippen LogP contribution < -0.4 is 4.74 Å². The Morgan fingerprint density at radius 3 is 2.88 bits per heavy atom. The number of ether oxygens (including phenoxy) is 1. The van der Waals surface area contributed by atoms with Crippen molar-refractivity contribution in [2.75, 3.05) is 6.61 Å². The number of unbranched alkanes of at least 4 members (excludes halogenated alkanes) is 1. The van der Waals surface area contributed by atoms with E-state index in [1.165, 1.54) is 11.3 Å². The minimum Gasteiger partial charge on any atom is -0.492 e. The molecule has 1 heterocycles. The summed E-state index contributed by atoms with van der Waals surface area (Å²) in [7, 11) is -0.288. The van der Waals surface area contributed by atoms with Crippen molar-refractivity contribution in [3.63, 3.8) is 0 Å². The molecule has 1 nitrogen and oxygen atoms in total. The van der Waals surface area contributed by atoms with Crippen molar-refractivity contribution >= 4 is 10.9 Å². The quantitative estimate of drug-likeness (QED) is 0.596. The van der Waals surface area contributed by atoms with E-state index in [4.69, 9.17) is 4.74 Å². The molecule has 0 bridgehead atoms. The second kappa shape index (κ2) is 5.80. The Hall–Kier alpha value is -1.15. The summed E-state index contributed by atoms with van der Waals surface area (Å²) in [4.78, 5) is 1.30. The van der Waals surface area contributed by atoms with E-state index >= 15 is 0 Å². The van der Waals surface area contributed by atoms with Crippen molar-refractivity contribution in [2.24, 2.45) is 0 Å². The minimum atomic E-state index is -0.288. The molecule has 0 saturated carbocycles. The van der Waals surface area contributed by atoms with Crippen molar-refractivity contribution in [3.8, 4) is 5.75 Å². The number of benzene rings is 1. The van der Waals surface area contributed by atoms with Crippen LogP contribution in [0.1, 0.15) is 19.8 Å². The van der Waals surface area contributed by atoms with Gasteiger partial charge < -0.3 is 4.74 Å². The Kier molecular flexibility index (Phi) is 4.11. The van der Waals surface area contributed by atoms with Gasteiger partial charge in [0.2, 0.25) is 0 Å². The third-order valence-electron chi connectivity index (χ3n) is 2.44. The summed E-state index contributed by atoms with van der Waals surface area (Å²) in [6.45, 7) is 2.98. The zero-order chi connectivity index (χ0) is 11.2. The van der Waals surface area contributed by atoms with Crippen LogP contribution in [0.2, 0.25) is 0 Å². The SMILES string of the molecule is CCCCOc1c[c]ccc1[SH]1C=CC=C1. The van der Waals surface area contributed by atoms with Gasteiger partial charge in [-0.05, 0) is 35.4 Å². The van der Waals surface area contributed by atoms with Crippen LogP contribution in [0.25, 0.3) is 0 Å².